The van der Waals surface area contributed by atoms with Crippen molar-refractivity contribution in [2.24, 2.45) is 0 Å². The third-order valence-corrected chi connectivity index (χ3v) is 2.26. The molecule has 0 fully saturated rings. The first kappa shape index (κ1) is 11.1. The Morgan fingerprint density at radius 1 is 1.18 bits per heavy atom. The molecule has 1 N–H and O–H groups in total. The van der Waals surface area contributed by atoms with E-state index >= 15 is 0 Å². The number of hydrogen-bond acceptors (Lipinski definition) is 3. The standard InChI is InChI=1S/C12H10N2O3/c15-11-7-6-10(12(16)17)13-14(11)8-9-4-2-1-3-5-9/h1-7H,8H2,(H,16,17). The molecule has 17 heavy (non-hydrogen) atoms. The highest BCUT2D eigenvalue weighted by Crippen LogP contribution is 2.00. The second kappa shape index (κ2) is 4.61. The number of aromatic carboxylic acids is 1. The molecule has 1 aromatic heterocycles. The SMILES string of the molecule is O=C(O)c1ccc(=O)n(Cc2ccccc2)n1. The summed E-state index contributed by atoms with van der Waals surface area (Å²) in [6, 6.07) is 11.7. The van der Waals surface area contributed by atoms with E-state index in [0.29, 0.717) is 0 Å². The Morgan fingerprint density at radius 2 is 1.88 bits per heavy atom. The summed E-state index contributed by atoms with van der Waals surface area (Å²) in [5.74, 6) is -1.15. The first-order valence-corrected chi connectivity index (χ1v) is 5.02. The second-order valence-corrected chi connectivity index (χ2v) is 3.51. The summed E-state index contributed by atoms with van der Waals surface area (Å²) in [5.41, 5.74) is 0.434. The van der Waals surface area contributed by atoms with Crippen molar-refractivity contribution in [3.8, 4) is 0 Å². The number of benzene rings is 1. The minimum Gasteiger partial charge on any atom is -0.476 e. The fraction of sp³-hybridized carbons (Fsp3) is 0.0833. The van der Waals surface area contributed by atoms with E-state index in [9.17, 15) is 9.59 Å². The van der Waals surface area contributed by atoms with Crippen molar-refractivity contribution in [1.29, 1.82) is 0 Å². The molecule has 2 aromatic rings. The first-order valence-electron chi connectivity index (χ1n) is 5.02. The van der Waals surface area contributed by atoms with Crippen molar-refractivity contribution in [2.75, 3.05) is 0 Å². The Kier molecular flexibility index (Phi) is 3.00. The van der Waals surface area contributed by atoms with E-state index in [1.807, 2.05) is 30.3 Å². The van der Waals surface area contributed by atoms with Crippen LogP contribution in [0, 0.1) is 0 Å². The van der Waals surface area contributed by atoms with Gasteiger partial charge in [0.2, 0.25) is 0 Å². The molecule has 0 amide bonds. The number of carboxylic acids is 1. The predicted molar refractivity (Wildman–Crippen MR) is 61.0 cm³/mol. The summed E-state index contributed by atoms with van der Waals surface area (Å²) in [4.78, 5) is 22.2. The normalized spacial score (nSPS) is 10.1. The molecule has 1 aromatic carbocycles. The van der Waals surface area contributed by atoms with Crippen molar-refractivity contribution >= 4 is 5.97 Å². The van der Waals surface area contributed by atoms with Gasteiger partial charge in [-0.05, 0) is 11.6 Å². The maximum atomic E-state index is 11.5. The molecule has 0 aliphatic carbocycles. The van der Waals surface area contributed by atoms with Crippen LogP contribution in [-0.4, -0.2) is 20.9 Å². The molecule has 0 saturated carbocycles. The van der Waals surface area contributed by atoms with Crippen LogP contribution < -0.4 is 5.56 Å². The lowest BCUT2D eigenvalue weighted by atomic mass is 10.2. The van der Waals surface area contributed by atoms with Crippen molar-refractivity contribution in [2.45, 2.75) is 6.54 Å². The summed E-state index contributed by atoms with van der Waals surface area (Å²) >= 11 is 0. The lowest BCUT2D eigenvalue weighted by molar-refractivity contribution is 0.0687. The molecule has 0 bridgehead atoms. The molecule has 86 valence electrons. The van der Waals surface area contributed by atoms with Gasteiger partial charge in [-0.3, -0.25) is 4.79 Å². The monoisotopic (exact) mass is 230 g/mol. The fourth-order valence-electron chi connectivity index (χ4n) is 1.43. The van der Waals surface area contributed by atoms with Gasteiger partial charge in [0.1, 0.15) is 0 Å². The van der Waals surface area contributed by atoms with Crippen LogP contribution in [0.2, 0.25) is 0 Å². The third-order valence-electron chi connectivity index (χ3n) is 2.26. The lowest BCUT2D eigenvalue weighted by Crippen LogP contribution is -2.24. The second-order valence-electron chi connectivity index (χ2n) is 3.51. The number of rotatable bonds is 3. The van der Waals surface area contributed by atoms with Gasteiger partial charge < -0.3 is 5.11 Å². The summed E-state index contributed by atoms with van der Waals surface area (Å²) < 4.78 is 1.14. The molecule has 0 aliphatic heterocycles. The van der Waals surface area contributed by atoms with E-state index in [1.54, 1.807) is 0 Å². The Labute approximate surface area is 97.0 Å². The number of aromatic nitrogens is 2. The average Bonchev–Trinajstić information content (AvgIpc) is 2.33. The van der Waals surface area contributed by atoms with Crippen LogP contribution in [0.4, 0.5) is 0 Å². The van der Waals surface area contributed by atoms with E-state index < -0.39 is 5.97 Å². The maximum Gasteiger partial charge on any atom is 0.356 e. The largest absolute Gasteiger partial charge is 0.476 e. The molecule has 0 saturated heterocycles. The van der Waals surface area contributed by atoms with Crippen LogP contribution in [0.1, 0.15) is 16.1 Å². The summed E-state index contributed by atoms with van der Waals surface area (Å²) in [7, 11) is 0. The van der Waals surface area contributed by atoms with Gasteiger partial charge in [0.25, 0.3) is 5.56 Å². The number of carbonyl (C=O) groups is 1. The Morgan fingerprint density at radius 3 is 2.53 bits per heavy atom. The van der Waals surface area contributed by atoms with Crippen molar-refractivity contribution in [1.82, 2.24) is 9.78 Å². The topological polar surface area (TPSA) is 72.2 Å². The Balaban J connectivity index is 2.36. The molecule has 5 heteroatoms. The zero-order chi connectivity index (χ0) is 12.3. The minimum atomic E-state index is -1.15. The van der Waals surface area contributed by atoms with Crippen LogP contribution in [0.15, 0.2) is 47.3 Å². The Bertz CT molecular complexity index is 590. The first-order chi connectivity index (χ1) is 8.16. The lowest BCUT2D eigenvalue weighted by Gasteiger charge is -2.04. The van der Waals surface area contributed by atoms with Crippen LogP contribution in [-0.2, 0) is 6.54 Å². The quantitative estimate of drug-likeness (QED) is 0.853. The highest BCUT2D eigenvalue weighted by atomic mass is 16.4. The molecule has 5 nitrogen and oxygen atoms in total. The molecule has 0 aliphatic rings. The average molecular weight is 230 g/mol. The van der Waals surface area contributed by atoms with E-state index in [2.05, 4.69) is 5.10 Å². The van der Waals surface area contributed by atoms with Crippen LogP contribution >= 0.6 is 0 Å². The van der Waals surface area contributed by atoms with Gasteiger partial charge in [-0.25, -0.2) is 9.48 Å². The molecular formula is C12H10N2O3. The van der Waals surface area contributed by atoms with E-state index in [1.165, 1.54) is 12.1 Å². The van der Waals surface area contributed by atoms with Crippen molar-refractivity contribution < 1.29 is 9.90 Å². The molecule has 2 rings (SSSR count). The molecule has 0 unspecified atom stereocenters. The molecular weight excluding hydrogens is 220 g/mol. The van der Waals surface area contributed by atoms with Gasteiger partial charge in [-0.1, -0.05) is 30.3 Å². The molecule has 1 heterocycles. The number of nitrogens with zero attached hydrogens (tertiary/aromatic N) is 2. The van der Waals surface area contributed by atoms with E-state index in [0.717, 1.165) is 10.2 Å². The molecule has 0 atom stereocenters. The summed E-state index contributed by atoms with van der Waals surface area (Å²) in [6.07, 6.45) is 0. The highest BCUT2D eigenvalue weighted by Gasteiger charge is 2.07. The minimum absolute atomic E-state index is 0.138. The number of hydrogen-bond donors (Lipinski definition) is 1. The number of carboxylic acid groups (broad SMARTS) is 1. The molecule has 0 radical (unpaired) electrons. The van der Waals surface area contributed by atoms with Crippen molar-refractivity contribution in [3.63, 3.8) is 0 Å². The van der Waals surface area contributed by atoms with Gasteiger partial charge in [0, 0.05) is 6.07 Å². The zero-order valence-corrected chi connectivity index (χ0v) is 8.91. The zero-order valence-electron chi connectivity index (χ0n) is 8.91. The van der Waals surface area contributed by atoms with Gasteiger partial charge in [-0.15, -0.1) is 0 Å². The summed E-state index contributed by atoms with van der Waals surface area (Å²) in [6.45, 7) is 0.265. The van der Waals surface area contributed by atoms with Gasteiger partial charge >= 0.3 is 5.97 Å². The third kappa shape index (κ3) is 2.57. The van der Waals surface area contributed by atoms with E-state index in [4.69, 9.17) is 5.11 Å². The van der Waals surface area contributed by atoms with Crippen LogP contribution in [0.25, 0.3) is 0 Å². The Hall–Kier alpha value is -2.43. The van der Waals surface area contributed by atoms with Gasteiger partial charge in [0.05, 0.1) is 6.54 Å². The smallest absolute Gasteiger partial charge is 0.356 e. The van der Waals surface area contributed by atoms with E-state index in [-0.39, 0.29) is 17.8 Å². The summed E-state index contributed by atoms with van der Waals surface area (Å²) in [5, 5.41) is 12.6. The van der Waals surface area contributed by atoms with Gasteiger partial charge in [-0.2, -0.15) is 5.10 Å². The van der Waals surface area contributed by atoms with Crippen LogP contribution in [0.5, 0.6) is 0 Å². The van der Waals surface area contributed by atoms with Gasteiger partial charge in [0.15, 0.2) is 5.69 Å². The van der Waals surface area contributed by atoms with Crippen LogP contribution in [0.3, 0.4) is 0 Å². The highest BCUT2D eigenvalue weighted by molar-refractivity contribution is 5.84. The maximum absolute atomic E-state index is 11.5. The fourth-order valence-corrected chi connectivity index (χ4v) is 1.43. The molecule has 0 spiro atoms. The predicted octanol–water partition coefficient (Wildman–Crippen LogP) is 0.990. The van der Waals surface area contributed by atoms with Crippen molar-refractivity contribution in [3.05, 3.63) is 64.1 Å².